The largest absolute Gasteiger partial charge is 0.308 e. The van der Waals surface area contributed by atoms with Gasteiger partial charge in [-0.05, 0) is 26.2 Å². The topological polar surface area (TPSA) is 46.0 Å². The average molecular weight is 279 g/mol. The van der Waals surface area contributed by atoms with Crippen molar-refractivity contribution in [2.45, 2.75) is 64.6 Å². The molecule has 0 radical (unpaired) electrons. The second-order valence-corrected chi connectivity index (χ2v) is 6.36. The van der Waals surface area contributed by atoms with Gasteiger partial charge in [0.1, 0.15) is 12.2 Å². The molecule has 1 aromatic rings. The first-order chi connectivity index (χ1) is 9.48. The van der Waals surface area contributed by atoms with Crippen LogP contribution in [-0.2, 0) is 13.6 Å². The van der Waals surface area contributed by atoms with Crippen LogP contribution in [0.15, 0.2) is 6.33 Å². The summed E-state index contributed by atoms with van der Waals surface area (Å²) in [5.74, 6) is 1.05. The van der Waals surface area contributed by atoms with Crippen molar-refractivity contribution in [3.63, 3.8) is 0 Å². The van der Waals surface area contributed by atoms with Crippen LogP contribution in [0.5, 0.6) is 0 Å². The third-order valence-electron chi connectivity index (χ3n) is 5.29. The lowest BCUT2D eigenvalue weighted by molar-refractivity contribution is -0.00649. The molecule has 2 heterocycles. The van der Waals surface area contributed by atoms with Gasteiger partial charge in [0.05, 0.1) is 6.54 Å². The molecule has 1 aromatic heterocycles. The van der Waals surface area contributed by atoms with E-state index >= 15 is 0 Å². The third kappa shape index (κ3) is 2.74. The monoisotopic (exact) mass is 279 g/mol. The summed E-state index contributed by atoms with van der Waals surface area (Å²) in [5, 5.41) is 7.98. The van der Waals surface area contributed by atoms with Gasteiger partial charge in [-0.1, -0.05) is 20.8 Å². The van der Waals surface area contributed by atoms with Gasteiger partial charge < -0.3 is 5.32 Å². The standard InChI is InChI=1S/C15H29N5/c1-6-14(4)11-20(9-13-16-12-18-19(13)5)15(7-2,8-3)10-17-14/h12,17H,6-11H2,1-5H3. The van der Waals surface area contributed by atoms with E-state index in [1.165, 1.54) is 0 Å². The molecule has 1 saturated heterocycles. The number of hydrogen-bond donors (Lipinski definition) is 1. The Bertz CT molecular complexity index is 437. The molecule has 1 aliphatic heterocycles. The molecule has 1 fully saturated rings. The summed E-state index contributed by atoms with van der Waals surface area (Å²) in [6, 6.07) is 0. The summed E-state index contributed by atoms with van der Waals surface area (Å²) < 4.78 is 1.89. The number of nitrogens with one attached hydrogen (secondary N) is 1. The lowest BCUT2D eigenvalue weighted by atomic mass is 9.82. The van der Waals surface area contributed by atoms with Crippen LogP contribution in [0.3, 0.4) is 0 Å². The van der Waals surface area contributed by atoms with Gasteiger partial charge in [-0.25, -0.2) is 4.98 Å². The highest BCUT2D eigenvalue weighted by molar-refractivity contribution is 5.03. The molecule has 1 N–H and O–H groups in total. The van der Waals surface area contributed by atoms with Crippen molar-refractivity contribution in [3.8, 4) is 0 Å². The molecule has 20 heavy (non-hydrogen) atoms. The molecule has 1 aliphatic rings. The molecule has 0 saturated carbocycles. The average Bonchev–Trinajstić information content (AvgIpc) is 2.86. The number of nitrogens with zero attached hydrogens (tertiary/aromatic N) is 4. The Balaban J connectivity index is 2.24. The van der Waals surface area contributed by atoms with Crippen LogP contribution in [0.2, 0.25) is 0 Å². The highest BCUT2D eigenvalue weighted by Crippen LogP contribution is 2.32. The predicted molar refractivity (Wildman–Crippen MR) is 81.4 cm³/mol. The Hall–Kier alpha value is -0.940. The van der Waals surface area contributed by atoms with Crippen molar-refractivity contribution in [1.29, 1.82) is 0 Å². The second kappa shape index (κ2) is 5.82. The van der Waals surface area contributed by atoms with Crippen LogP contribution in [0.1, 0.15) is 52.8 Å². The number of aromatic nitrogens is 3. The van der Waals surface area contributed by atoms with E-state index in [1.54, 1.807) is 6.33 Å². The molecule has 0 aliphatic carbocycles. The van der Waals surface area contributed by atoms with Gasteiger partial charge in [0, 0.05) is 31.2 Å². The van der Waals surface area contributed by atoms with E-state index in [2.05, 4.69) is 48.0 Å². The van der Waals surface area contributed by atoms with E-state index in [0.29, 0.717) is 0 Å². The van der Waals surface area contributed by atoms with E-state index in [4.69, 9.17) is 0 Å². The first-order valence-electron chi connectivity index (χ1n) is 7.81. The Morgan fingerprint density at radius 2 is 1.95 bits per heavy atom. The molecule has 0 bridgehead atoms. The lowest BCUT2D eigenvalue weighted by Crippen LogP contribution is -2.68. The van der Waals surface area contributed by atoms with Gasteiger partial charge in [0.15, 0.2) is 0 Å². The molecule has 114 valence electrons. The van der Waals surface area contributed by atoms with Crippen LogP contribution < -0.4 is 5.32 Å². The highest BCUT2D eigenvalue weighted by atomic mass is 15.4. The van der Waals surface area contributed by atoms with E-state index in [1.807, 2.05) is 11.7 Å². The Kier molecular flexibility index (Phi) is 4.49. The molecule has 2 rings (SSSR count). The fourth-order valence-corrected chi connectivity index (χ4v) is 3.18. The summed E-state index contributed by atoms with van der Waals surface area (Å²) in [7, 11) is 1.98. The Morgan fingerprint density at radius 3 is 2.45 bits per heavy atom. The lowest BCUT2D eigenvalue weighted by Gasteiger charge is -2.53. The first kappa shape index (κ1) is 15.4. The van der Waals surface area contributed by atoms with Crippen LogP contribution >= 0.6 is 0 Å². The predicted octanol–water partition coefficient (Wildman–Crippen LogP) is 1.95. The zero-order valence-electron chi connectivity index (χ0n) is 13.6. The van der Waals surface area contributed by atoms with Gasteiger partial charge in [0.25, 0.3) is 0 Å². The summed E-state index contributed by atoms with van der Waals surface area (Å²) in [6.45, 7) is 12.2. The van der Waals surface area contributed by atoms with Gasteiger partial charge in [-0.2, -0.15) is 5.10 Å². The van der Waals surface area contributed by atoms with E-state index in [9.17, 15) is 0 Å². The molecule has 1 unspecified atom stereocenters. The minimum absolute atomic E-state index is 0.201. The fourth-order valence-electron chi connectivity index (χ4n) is 3.18. The summed E-state index contributed by atoms with van der Waals surface area (Å²) in [6.07, 6.45) is 5.12. The third-order valence-corrected chi connectivity index (χ3v) is 5.29. The number of aryl methyl sites for hydroxylation is 1. The van der Waals surface area contributed by atoms with Crippen molar-refractivity contribution < 1.29 is 0 Å². The fraction of sp³-hybridized carbons (Fsp3) is 0.867. The molecular weight excluding hydrogens is 250 g/mol. The molecule has 1 atom stereocenters. The normalized spacial score (nSPS) is 26.9. The number of rotatable bonds is 5. The van der Waals surface area contributed by atoms with E-state index < -0.39 is 0 Å². The van der Waals surface area contributed by atoms with Crippen LogP contribution in [-0.4, -0.2) is 43.8 Å². The minimum atomic E-state index is 0.201. The van der Waals surface area contributed by atoms with Crippen molar-refractivity contribution >= 4 is 0 Å². The van der Waals surface area contributed by atoms with Crippen LogP contribution in [0.25, 0.3) is 0 Å². The zero-order valence-corrected chi connectivity index (χ0v) is 13.6. The molecule has 5 heteroatoms. The summed E-state index contributed by atoms with van der Waals surface area (Å²) in [4.78, 5) is 7.03. The van der Waals surface area contributed by atoms with E-state index in [-0.39, 0.29) is 11.1 Å². The highest BCUT2D eigenvalue weighted by Gasteiger charge is 2.43. The number of hydrogen-bond acceptors (Lipinski definition) is 4. The summed E-state index contributed by atoms with van der Waals surface area (Å²) in [5.41, 5.74) is 0.438. The Morgan fingerprint density at radius 1 is 1.25 bits per heavy atom. The maximum atomic E-state index is 4.41. The van der Waals surface area contributed by atoms with Crippen molar-refractivity contribution in [2.24, 2.45) is 7.05 Å². The smallest absolute Gasteiger partial charge is 0.140 e. The first-order valence-corrected chi connectivity index (χ1v) is 7.81. The van der Waals surface area contributed by atoms with Gasteiger partial charge in [-0.15, -0.1) is 0 Å². The van der Waals surface area contributed by atoms with Crippen molar-refractivity contribution in [3.05, 3.63) is 12.2 Å². The molecule has 5 nitrogen and oxygen atoms in total. The van der Waals surface area contributed by atoms with Crippen LogP contribution in [0.4, 0.5) is 0 Å². The van der Waals surface area contributed by atoms with Gasteiger partial charge >= 0.3 is 0 Å². The Labute approximate surface area is 122 Å². The molecular formula is C15H29N5. The maximum absolute atomic E-state index is 4.41. The minimum Gasteiger partial charge on any atom is -0.308 e. The SMILES string of the molecule is CCC1(C)CN(Cc2ncnn2C)C(CC)(CC)CN1. The second-order valence-electron chi connectivity index (χ2n) is 6.36. The molecule has 0 aromatic carbocycles. The summed E-state index contributed by atoms with van der Waals surface area (Å²) >= 11 is 0. The van der Waals surface area contributed by atoms with Crippen molar-refractivity contribution in [1.82, 2.24) is 25.0 Å². The van der Waals surface area contributed by atoms with Gasteiger partial charge in [-0.3, -0.25) is 9.58 Å². The number of piperazine rings is 1. The maximum Gasteiger partial charge on any atom is 0.140 e. The molecule has 0 spiro atoms. The van der Waals surface area contributed by atoms with Crippen LogP contribution in [0, 0.1) is 0 Å². The van der Waals surface area contributed by atoms with E-state index in [0.717, 1.165) is 44.7 Å². The molecule has 0 amide bonds. The quantitative estimate of drug-likeness (QED) is 0.895. The zero-order chi connectivity index (χ0) is 14.8. The van der Waals surface area contributed by atoms with Crippen molar-refractivity contribution in [2.75, 3.05) is 13.1 Å². The van der Waals surface area contributed by atoms with Gasteiger partial charge in [0.2, 0.25) is 0 Å².